The van der Waals surface area contributed by atoms with Crippen molar-refractivity contribution in [1.82, 2.24) is 24.9 Å². The Bertz CT molecular complexity index is 895. The zero-order valence-electron chi connectivity index (χ0n) is 12.9. The molecule has 1 fully saturated rings. The quantitative estimate of drug-likeness (QED) is 0.703. The van der Waals surface area contributed by atoms with Crippen molar-refractivity contribution in [3.63, 3.8) is 0 Å². The maximum atomic E-state index is 13.1. The number of nitrogens with zero attached hydrogens (tertiary/aromatic N) is 5. The Labute approximate surface area is 143 Å². The third-order valence-electron chi connectivity index (χ3n) is 3.75. The molecule has 3 aromatic rings. The predicted octanol–water partition coefficient (Wildman–Crippen LogP) is 3.21. The van der Waals surface area contributed by atoms with Crippen molar-refractivity contribution in [2.75, 3.05) is 13.2 Å². The lowest BCUT2D eigenvalue weighted by Crippen LogP contribution is -2.13. The predicted molar refractivity (Wildman–Crippen MR) is 80.4 cm³/mol. The Morgan fingerprint density at radius 1 is 1.32 bits per heavy atom. The van der Waals surface area contributed by atoms with Gasteiger partial charge in [-0.15, -0.1) is 11.3 Å². The number of halogens is 3. The zero-order valence-corrected chi connectivity index (χ0v) is 13.8. The van der Waals surface area contributed by atoms with Crippen LogP contribution in [-0.2, 0) is 10.9 Å². The first-order valence-electron chi connectivity index (χ1n) is 7.43. The van der Waals surface area contributed by atoms with Gasteiger partial charge in [0.25, 0.3) is 5.89 Å². The van der Waals surface area contributed by atoms with Gasteiger partial charge in [0, 0.05) is 17.9 Å². The van der Waals surface area contributed by atoms with Crippen LogP contribution in [0, 0.1) is 6.92 Å². The molecule has 1 aliphatic heterocycles. The normalized spacial score (nSPS) is 18.2. The third-order valence-corrected chi connectivity index (χ3v) is 4.57. The van der Waals surface area contributed by atoms with Crippen molar-refractivity contribution >= 4 is 11.3 Å². The van der Waals surface area contributed by atoms with Crippen LogP contribution in [0.25, 0.3) is 16.7 Å². The molecule has 0 N–H and O–H groups in total. The lowest BCUT2D eigenvalue weighted by molar-refractivity contribution is -0.142. The number of aromatic nitrogens is 5. The van der Waals surface area contributed by atoms with E-state index in [1.807, 2.05) is 0 Å². The van der Waals surface area contributed by atoms with Gasteiger partial charge < -0.3 is 9.26 Å². The van der Waals surface area contributed by atoms with Crippen LogP contribution in [0.3, 0.4) is 0 Å². The van der Waals surface area contributed by atoms with Crippen molar-refractivity contribution in [2.24, 2.45) is 0 Å². The molecule has 1 saturated heterocycles. The van der Waals surface area contributed by atoms with Gasteiger partial charge in [-0.05, 0) is 19.4 Å². The molecule has 0 amide bonds. The van der Waals surface area contributed by atoms with Crippen molar-refractivity contribution in [1.29, 1.82) is 0 Å². The molecule has 25 heavy (non-hydrogen) atoms. The van der Waals surface area contributed by atoms with Gasteiger partial charge in [0.15, 0.2) is 11.5 Å². The first-order chi connectivity index (χ1) is 11.9. The molecule has 3 aromatic heterocycles. The van der Waals surface area contributed by atoms with Crippen LogP contribution in [0.5, 0.6) is 0 Å². The second kappa shape index (κ2) is 5.92. The largest absolute Gasteiger partial charge is 0.433 e. The fourth-order valence-corrected chi connectivity index (χ4v) is 3.31. The molecule has 132 valence electrons. The molecule has 0 bridgehead atoms. The zero-order chi connectivity index (χ0) is 17.6. The molecule has 0 spiro atoms. The molecule has 0 aromatic carbocycles. The first kappa shape index (κ1) is 16.2. The second-order valence-corrected chi connectivity index (χ2v) is 6.45. The van der Waals surface area contributed by atoms with Gasteiger partial charge in [0.05, 0.1) is 12.3 Å². The number of hydrogen-bond acceptors (Lipinski definition) is 7. The van der Waals surface area contributed by atoms with Crippen molar-refractivity contribution in [3.8, 4) is 16.7 Å². The highest BCUT2D eigenvalue weighted by Gasteiger charge is 2.36. The van der Waals surface area contributed by atoms with Gasteiger partial charge >= 0.3 is 6.18 Å². The molecule has 4 heterocycles. The smallest absolute Gasteiger partial charge is 0.381 e. The Morgan fingerprint density at radius 2 is 2.16 bits per heavy atom. The van der Waals surface area contributed by atoms with Crippen molar-refractivity contribution in [2.45, 2.75) is 25.4 Å². The maximum absolute atomic E-state index is 13.1. The van der Waals surface area contributed by atoms with E-state index in [4.69, 9.17) is 9.26 Å². The third kappa shape index (κ3) is 3.04. The summed E-state index contributed by atoms with van der Waals surface area (Å²) in [6, 6.07) is 0.978. The van der Waals surface area contributed by atoms with Crippen LogP contribution >= 0.6 is 11.3 Å². The summed E-state index contributed by atoms with van der Waals surface area (Å²) in [5, 5.41) is 9.44. The highest BCUT2D eigenvalue weighted by atomic mass is 32.1. The average molecular weight is 371 g/mol. The molecule has 0 saturated carbocycles. The van der Waals surface area contributed by atoms with Gasteiger partial charge in [-0.2, -0.15) is 23.3 Å². The average Bonchev–Trinajstić information content (AvgIpc) is 3.31. The summed E-state index contributed by atoms with van der Waals surface area (Å²) in [6.45, 7) is 2.67. The van der Waals surface area contributed by atoms with Crippen LogP contribution in [0.4, 0.5) is 13.2 Å². The van der Waals surface area contributed by atoms with E-state index in [1.165, 1.54) is 6.92 Å². The molecule has 0 aliphatic carbocycles. The van der Waals surface area contributed by atoms with Gasteiger partial charge in [-0.25, -0.2) is 9.67 Å². The molecule has 11 heteroatoms. The molecule has 0 unspecified atom stereocenters. The SMILES string of the molecule is Cc1cc(C(F)(F)F)n(-c2nc(-c3nc([C@@H]4CCOC4)no3)cs2)n1. The summed E-state index contributed by atoms with van der Waals surface area (Å²) in [4.78, 5) is 8.45. The summed E-state index contributed by atoms with van der Waals surface area (Å²) in [5.74, 6) is 0.760. The summed E-state index contributed by atoms with van der Waals surface area (Å²) >= 11 is 1.02. The summed E-state index contributed by atoms with van der Waals surface area (Å²) in [7, 11) is 0. The van der Waals surface area contributed by atoms with Crippen molar-refractivity contribution < 1.29 is 22.4 Å². The van der Waals surface area contributed by atoms with E-state index < -0.39 is 11.9 Å². The van der Waals surface area contributed by atoms with E-state index in [0.29, 0.717) is 24.7 Å². The Kier molecular flexibility index (Phi) is 3.84. The molecule has 0 radical (unpaired) electrons. The molecular weight excluding hydrogens is 359 g/mol. The minimum Gasteiger partial charge on any atom is -0.381 e. The van der Waals surface area contributed by atoms with E-state index in [0.717, 1.165) is 28.5 Å². The van der Waals surface area contributed by atoms with E-state index in [-0.39, 0.29) is 22.6 Å². The first-order valence-corrected chi connectivity index (χ1v) is 8.31. The number of rotatable bonds is 3. The van der Waals surface area contributed by atoms with E-state index >= 15 is 0 Å². The standard InChI is InChI=1S/C14H12F3N5O2S/c1-7-4-10(14(15,16)17)22(20-7)13-18-9(6-25-13)12-19-11(21-24-12)8-2-3-23-5-8/h4,6,8H,2-3,5H2,1H3/t8-/m1/s1. The fourth-order valence-electron chi connectivity index (χ4n) is 2.55. The summed E-state index contributed by atoms with van der Waals surface area (Å²) < 4.78 is 50.6. The Hall–Kier alpha value is -2.27. The van der Waals surface area contributed by atoms with E-state index in [2.05, 4.69) is 20.2 Å². The maximum Gasteiger partial charge on any atom is 0.433 e. The van der Waals surface area contributed by atoms with Crippen LogP contribution in [0.2, 0.25) is 0 Å². The molecule has 7 nitrogen and oxygen atoms in total. The number of hydrogen-bond donors (Lipinski definition) is 0. The van der Waals surface area contributed by atoms with Gasteiger partial charge in [0.2, 0.25) is 5.13 Å². The monoisotopic (exact) mass is 371 g/mol. The van der Waals surface area contributed by atoms with Gasteiger partial charge in [-0.1, -0.05) is 5.16 Å². The van der Waals surface area contributed by atoms with Crippen LogP contribution in [0.15, 0.2) is 16.0 Å². The minimum atomic E-state index is -4.52. The van der Waals surface area contributed by atoms with Gasteiger partial charge in [0.1, 0.15) is 5.69 Å². The van der Waals surface area contributed by atoms with Crippen LogP contribution in [0.1, 0.15) is 29.6 Å². The minimum absolute atomic E-state index is 0.0706. The lowest BCUT2D eigenvalue weighted by Gasteiger charge is -2.06. The molecule has 4 rings (SSSR count). The fraction of sp³-hybridized carbons (Fsp3) is 0.429. The number of aryl methyl sites for hydroxylation is 1. The van der Waals surface area contributed by atoms with Crippen LogP contribution in [-0.4, -0.2) is 38.1 Å². The lowest BCUT2D eigenvalue weighted by atomic mass is 10.1. The molecular formula is C14H12F3N5O2S. The Balaban J connectivity index is 1.65. The topological polar surface area (TPSA) is 78.9 Å². The number of thiazole rings is 1. The summed E-state index contributed by atoms with van der Waals surface area (Å²) in [5.41, 5.74) is -0.301. The van der Waals surface area contributed by atoms with Crippen LogP contribution < -0.4 is 0 Å². The van der Waals surface area contributed by atoms with E-state index in [9.17, 15) is 13.2 Å². The highest BCUT2D eigenvalue weighted by molar-refractivity contribution is 7.12. The summed E-state index contributed by atoms with van der Waals surface area (Å²) in [6.07, 6.45) is -3.71. The molecule has 1 atom stereocenters. The number of ether oxygens (including phenoxy) is 1. The van der Waals surface area contributed by atoms with Gasteiger partial charge in [-0.3, -0.25) is 0 Å². The highest BCUT2D eigenvalue weighted by Crippen LogP contribution is 2.33. The Morgan fingerprint density at radius 3 is 2.88 bits per heavy atom. The van der Waals surface area contributed by atoms with E-state index in [1.54, 1.807) is 5.38 Å². The molecule has 1 aliphatic rings. The number of alkyl halides is 3. The second-order valence-electron chi connectivity index (χ2n) is 5.61. The van der Waals surface area contributed by atoms with Crippen molar-refractivity contribution in [3.05, 3.63) is 28.7 Å².